The lowest BCUT2D eigenvalue weighted by atomic mass is 10.3. The maximum absolute atomic E-state index is 11.8. The summed E-state index contributed by atoms with van der Waals surface area (Å²) in [6, 6.07) is 3.31. The monoisotopic (exact) mass is 264 g/mol. The number of carbonyl (C=O) groups is 1. The fourth-order valence-electron chi connectivity index (χ4n) is 1.54. The molecule has 0 aliphatic carbocycles. The first-order valence-electron chi connectivity index (χ1n) is 6.04. The molecule has 0 spiro atoms. The Morgan fingerprint density at radius 3 is 3.11 bits per heavy atom. The number of nitrogens with one attached hydrogen (secondary N) is 2. The van der Waals surface area contributed by atoms with Crippen LogP contribution in [-0.2, 0) is 17.8 Å². The minimum Gasteiger partial charge on any atom is -0.467 e. The van der Waals surface area contributed by atoms with Gasteiger partial charge in [0.1, 0.15) is 5.76 Å². The van der Waals surface area contributed by atoms with Crippen LogP contribution < -0.4 is 10.6 Å². The molecule has 2 aromatic heterocycles. The first kappa shape index (κ1) is 13.3. The molecule has 0 fully saturated rings. The van der Waals surface area contributed by atoms with Crippen molar-refractivity contribution in [3.8, 4) is 0 Å². The van der Waals surface area contributed by atoms with Crippen LogP contribution in [0.3, 0.4) is 0 Å². The van der Waals surface area contributed by atoms with Crippen molar-refractivity contribution in [1.82, 2.24) is 20.8 Å². The van der Waals surface area contributed by atoms with Crippen molar-refractivity contribution in [3.63, 3.8) is 0 Å². The molecule has 0 aliphatic heterocycles. The van der Waals surface area contributed by atoms with Crippen molar-refractivity contribution in [1.29, 1.82) is 0 Å². The summed E-state index contributed by atoms with van der Waals surface area (Å²) in [5.41, 5.74) is 0. The number of hydrogen-bond donors (Lipinski definition) is 2. The molecule has 0 aromatic carbocycles. The third-order valence-electron chi connectivity index (χ3n) is 2.62. The molecule has 0 radical (unpaired) electrons. The van der Waals surface area contributed by atoms with E-state index in [0.717, 1.165) is 5.76 Å². The first-order chi connectivity index (χ1) is 9.25. The highest BCUT2D eigenvalue weighted by Crippen LogP contribution is 1.98. The van der Waals surface area contributed by atoms with Crippen molar-refractivity contribution in [3.05, 3.63) is 36.4 Å². The topological polar surface area (TPSA) is 93.2 Å². The van der Waals surface area contributed by atoms with E-state index in [0.29, 0.717) is 25.3 Å². The van der Waals surface area contributed by atoms with E-state index in [-0.39, 0.29) is 11.9 Å². The van der Waals surface area contributed by atoms with E-state index in [4.69, 9.17) is 4.42 Å². The lowest BCUT2D eigenvalue weighted by Gasteiger charge is -2.12. The smallest absolute Gasteiger partial charge is 0.237 e. The van der Waals surface area contributed by atoms with Crippen molar-refractivity contribution < 1.29 is 13.7 Å². The molecule has 7 heteroatoms. The molecule has 1 atom stereocenters. The SMILES string of the molecule is CC(NCCc1ncon1)C(=O)NCc1ccco1. The summed E-state index contributed by atoms with van der Waals surface area (Å²) in [5, 5.41) is 9.56. The molecular formula is C12H16N4O3. The highest BCUT2D eigenvalue weighted by atomic mass is 16.5. The molecule has 2 rings (SSSR count). The summed E-state index contributed by atoms with van der Waals surface area (Å²) < 4.78 is 9.75. The van der Waals surface area contributed by atoms with Gasteiger partial charge in [-0.15, -0.1) is 0 Å². The van der Waals surface area contributed by atoms with Crippen molar-refractivity contribution in [2.45, 2.75) is 25.9 Å². The Hall–Kier alpha value is -2.15. The maximum atomic E-state index is 11.8. The number of furan rings is 1. The van der Waals surface area contributed by atoms with E-state index < -0.39 is 0 Å². The largest absolute Gasteiger partial charge is 0.467 e. The standard InChI is InChI=1S/C12H16N4O3/c1-9(13-5-4-11-15-8-19-16-11)12(17)14-7-10-3-2-6-18-10/h2-3,6,8-9,13H,4-5,7H2,1H3,(H,14,17). The third-order valence-corrected chi connectivity index (χ3v) is 2.62. The van der Waals surface area contributed by atoms with Crippen molar-refractivity contribution in [2.24, 2.45) is 0 Å². The fraction of sp³-hybridized carbons (Fsp3) is 0.417. The second kappa shape index (κ2) is 6.69. The van der Waals surface area contributed by atoms with E-state index in [1.54, 1.807) is 19.3 Å². The van der Waals surface area contributed by atoms with Crippen LogP contribution in [0.4, 0.5) is 0 Å². The molecule has 0 bridgehead atoms. The highest BCUT2D eigenvalue weighted by molar-refractivity contribution is 5.81. The zero-order valence-electron chi connectivity index (χ0n) is 10.6. The van der Waals surface area contributed by atoms with E-state index >= 15 is 0 Å². The number of rotatable bonds is 7. The minimum atomic E-state index is -0.290. The van der Waals surface area contributed by atoms with Gasteiger partial charge in [-0.05, 0) is 19.1 Å². The number of nitrogens with zero attached hydrogens (tertiary/aromatic N) is 2. The number of amides is 1. The molecule has 2 heterocycles. The van der Waals surface area contributed by atoms with Crippen LogP contribution in [0.2, 0.25) is 0 Å². The van der Waals surface area contributed by atoms with Crippen molar-refractivity contribution >= 4 is 5.91 Å². The van der Waals surface area contributed by atoms with Gasteiger partial charge in [0, 0.05) is 13.0 Å². The number of aromatic nitrogens is 2. The van der Waals surface area contributed by atoms with E-state index in [1.807, 2.05) is 6.07 Å². The van der Waals surface area contributed by atoms with Gasteiger partial charge in [-0.1, -0.05) is 5.16 Å². The number of carbonyl (C=O) groups excluding carboxylic acids is 1. The number of hydrogen-bond acceptors (Lipinski definition) is 6. The Balaban J connectivity index is 1.64. The first-order valence-corrected chi connectivity index (χ1v) is 6.04. The summed E-state index contributed by atoms with van der Waals surface area (Å²) in [7, 11) is 0. The van der Waals surface area contributed by atoms with Gasteiger partial charge in [-0.25, -0.2) is 0 Å². The zero-order valence-corrected chi connectivity index (χ0v) is 10.6. The van der Waals surface area contributed by atoms with Crippen LogP contribution in [0.15, 0.2) is 33.7 Å². The molecule has 0 aliphatic rings. The lowest BCUT2D eigenvalue weighted by Crippen LogP contribution is -2.42. The average Bonchev–Trinajstić information content (AvgIpc) is 3.08. The van der Waals surface area contributed by atoms with Crippen molar-refractivity contribution in [2.75, 3.05) is 6.54 Å². The van der Waals surface area contributed by atoms with Gasteiger partial charge in [0.05, 0.1) is 18.8 Å². The molecule has 19 heavy (non-hydrogen) atoms. The van der Waals surface area contributed by atoms with Crippen LogP contribution in [0.1, 0.15) is 18.5 Å². The lowest BCUT2D eigenvalue weighted by molar-refractivity contribution is -0.123. The molecule has 1 amide bonds. The quantitative estimate of drug-likeness (QED) is 0.756. The van der Waals surface area contributed by atoms with Gasteiger partial charge in [0.2, 0.25) is 12.3 Å². The summed E-state index contributed by atoms with van der Waals surface area (Å²) >= 11 is 0. The van der Waals surface area contributed by atoms with Gasteiger partial charge < -0.3 is 19.6 Å². The van der Waals surface area contributed by atoms with Gasteiger partial charge in [-0.2, -0.15) is 4.98 Å². The van der Waals surface area contributed by atoms with E-state index in [2.05, 4.69) is 25.3 Å². The molecule has 102 valence electrons. The predicted octanol–water partition coefficient (Wildman–Crippen LogP) is 0.500. The zero-order chi connectivity index (χ0) is 13.5. The Morgan fingerprint density at radius 2 is 2.42 bits per heavy atom. The summed E-state index contributed by atoms with van der Waals surface area (Å²) in [6.07, 6.45) is 3.48. The third kappa shape index (κ3) is 4.22. The molecular weight excluding hydrogens is 248 g/mol. The van der Waals surface area contributed by atoms with Crippen LogP contribution in [0.5, 0.6) is 0 Å². The summed E-state index contributed by atoms with van der Waals surface area (Å²) in [5.74, 6) is 1.27. The Kier molecular flexibility index (Phi) is 4.68. The Labute approximate surface area is 110 Å². The van der Waals surface area contributed by atoms with Gasteiger partial charge in [0.25, 0.3) is 0 Å². The second-order valence-corrected chi connectivity index (χ2v) is 4.07. The van der Waals surface area contributed by atoms with Gasteiger partial charge in [-0.3, -0.25) is 4.79 Å². The molecule has 7 nitrogen and oxygen atoms in total. The minimum absolute atomic E-state index is 0.0792. The van der Waals surface area contributed by atoms with Gasteiger partial charge >= 0.3 is 0 Å². The fourth-order valence-corrected chi connectivity index (χ4v) is 1.54. The molecule has 0 saturated heterocycles. The van der Waals surface area contributed by atoms with Crippen LogP contribution in [-0.4, -0.2) is 28.6 Å². The van der Waals surface area contributed by atoms with E-state index in [9.17, 15) is 4.79 Å². The van der Waals surface area contributed by atoms with E-state index in [1.165, 1.54) is 6.39 Å². The molecule has 1 unspecified atom stereocenters. The van der Waals surface area contributed by atoms with Gasteiger partial charge in [0.15, 0.2) is 5.82 Å². The van der Waals surface area contributed by atoms with Crippen LogP contribution >= 0.6 is 0 Å². The summed E-state index contributed by atoms with van der Waals surface area (Å²) in [4.78, 5) is 15.7. The summed E-state index contributed by atoms with van der Waals surface area (Å²) in [6.45, 7) is 2.80. The molecule has 2 aromatic rings. The predicted molar refractivity (Wildman–Crippen MR) is 66.0 cm³/mol. The second-order valence-electron chi connectivity index (χ2n) is 4.07. The van der Waals surface area contributed by atoms with Crippen LogP contribution in [0, 0.1) is 0 Å². The molecule has 2 N–H and O–H groups in total. The average molecular weight is 264 g/mol. The highest BCUT2D eigenvalue weighted by Gasteiger charge is 2.12. The molecule has 0 saturated carbocycles. The van der Waals surface area contributed by atoms with Crippen LogP contribution in [0.25, 0.3) is 0 Å². The Morgan fingerprint density at radius 1 is 1.53 bits per heavy atom. The Bertz CT molecular complexity index is 481. The normalized spacial score (nSPS) is 12.3. The maximum Gasteiger partial charge on any atom is 0.237 e.